The van der Waals surface area contributed by atoms with E-state index < -0.39 is 9.84 Å². The first-order chi connectivity index (χ1) is 9.87. The van der Waals surface area contributed by atoms with Crippen molar-refractivity contribution in [3.05, 3.63) is 33.8 Å². The van der Waals surface area contributed by atoms with Crippen molar-refractivity contribution in [3.63, 3.8) is 0 Å². The van der Waals surface area contributed by atoms with Gasteiger partial charge in [-0.2, -0.15) is 5.10 Å². The van der Waals surface area contributed by atoms with E-state index in [2.05, 4.69) is 5.10 Å². The quantitative estimate of drug-likeness (QED) is 0.819. The average Bonchev–Trinajstić information content (AvgIpc) is 2.81. The summed E-state index contributed by atoms with van der Waals surface area (Å²) < 4.78 is 23.3. The number of benzene rings is 1. The van der Waals surface area contributed by atoms with E-state index in [1.807, 2.05) is 0 Å². The van der Waals surface area contributed by atoms with Gasteiger partial charge in [0.1, 0.15) is 0 Å². The van der Waals surface area contributed by atoms with Crippen LogP contribution in [-0.2, 0) is 9.84 Å². The maximum Gasteiger partial charge on any atom is 0.177 e. The molecule has 0 bridgehead atoms. The van der Waals surface area contributed by atoms with Gasteiger partial charge >= 0.3 is 0 Å². The number of hydrogen-bond acceptors (Lipinski definition) is 5. The smallest absolute Gasteiger partial charge is 0.177 e. The number of sulfone groups is 1. The predicted octanol–water partition coefficient (Wildman–Crippen LogP) is 2.48. The third-order valence-electron chi connectivity index (χ3n) is 3.37. The fourth-order valence-electron chi connectivity index (χ4n) is 2.38. The lowest BCUT2D eigenvalue weighted by molar-refractivity contribution is 0.376. The van der Waals surface area contributed by atoms with Crippen LogP contribution in [0.15, 0.2) is 23.3 Å². The first kappa shape index (κ1) is 15.1. The normalized spacial score (nSPS) is 27.5. The molecule has 2 atom stereocenters. The van der Waals surface area contributed by atoms with Crippen LogP contribution >= 0.6 is 35.0 Å². The van der Waals surface area contributed by atoms with Crippen LogP contribution in [0.25, 0.3) is 0 Å². The summed E-state index contributed by atoms with van der Waals surface area (Å²) in [5.74, 6) is 0.129. The van der Waals surface area contributed by atoms with Crippen molar-refractivity contribution in [3.8, 4) is 0 Å². The zero-order valence-corrected chi connectivity index (χ0v) is 13.8. The predicted molar refractivity (Wildman–Crippen MR) is 87.4 cm³/mol. The van der Waals surface area contributed by atoms with Crippen LogP contribution in [0.2, 0.25) is 10.0 Å². The van der Waals surface area contributed by atoms with Crippen LogP contribution in [0.5, 0.6) is 0 Å². The molecule has 0 aromatic heterocycles. The number of hydrazone groups is 1. The number of fused-ring (bicyclic) bond motifs is 1. The van der Waals surface area contributed by atoms with Crippen molar-refractivity contribution in [1.29, 1.82) is 5.41 Å². The van der Waals surface area contributed by atoms with E-state index in [4.69, 9.17) is 28.6 Å². The molecule has 1 aromatic rings. The van der Waals surface area contributed by atoms with Gasteiger partial charge < -0.3 is 0 Å². The fraction of sp³-hybridized carbons (Fsp3) is 0.333. The van der Waals surface area contributed by atoms with Crippen LogP contribution < -0.4 is 0 Å². The Morgan fingerprint density at radius 1 is 1.33 bits per heavy atom. The number of rotatable bonds is 2. The van der Waals surface area contributed by atoms with Gasteiger partial charge in [0.05, 0.1) is 33.8 Å². The van der Waals surface area contributed by atoms with Gasteiger partial charge in [-0.25, -0.2) is 13.4 Å². The van der Waals surface area contributed by atoms with Gasteiger partial charge in [0, 0.05) is 10.8 Å². The third-order valence-corrected chi connectivity index (χ3v) is 7.15. The molecular formula is C12H11Cl2N3O2S2. The molecule has 2 saturated heterocycles. The maximum atomic E-state index is 11.7. The molecular weight excluding hydrogens is 353 g/mol. The Hall–Kier alpha value is -0.760. The fourth-order valence-corrected chi connectivity index (χ4v) is 6.59. The minimum absolute atomic E-state index is 0.0284. The summed E-state index contributed by atoms with van der Waals surface area (Å²) >= 11 is 13.4. The molecule has 0 spiro atoms. The zero-order chi connectivity index (χ0) is 15.2. The molecule has 0 aliphatic carbocycles. The second kappa shape index (κ2) is 5.46. The van der Waals surface area contributed by atoms with E-state index in [1.165, 1.54) is 23.0 Å². The number of thioether (sulfide) groups is 1. The number of hydrogen-bond donors (Lipinski definition) is 1. The Kier molecular flexibility index (Phi) is 3.94. The van der Waals surface area contributed by atoms with Gasteiger partial charge in [-0.3, -0.25) is 5.41 Å². The standard InChI is InChI=1S/C12H11Cl2N3O2S2/c13-8-2-1-3-9(14)7(8)4-16-17-10-5-21(18,19)6-11(10)20-12(17)15/h1-4,10-11,15H,5-6H2. The number of nitrogens with one attached hydrogen (secondary N) is 1. The molecule has 9 heteroatoms. The lowest BCUT2D eigenvalue weighted by atomic mass is 10.2. The summed E-state index contributed by atoms with van der Waals surface area (Å²) in [6, 6.07) is 4.84. The van der Waals surface area contributed by atoms with Crippen molar-refractivity contribution in [1.82, 2.24) is 5.01 Å². The van der Waals surface area contributed by atoms with Crippen LogP contribution in [0.3, 0.4) is 0 Å². The van der Waals surface area contributed by atoms with Crippen molar-refractivity contribution in [2.75, 3.05) is 11.5 Å². The molecule has 0 saturated carbocycles. The minimum Gasteiger partial charge on any atom is -0.277 e. The Labute approximate surface area is 136 Å². The second-order valence-electron chi connectivity index (χ2n) is 4.83. The highest BCUT2D eigenvalue weighted by Crippen LogP contribution is 2.37. The van der Waals surface area contributed by atoms with Crippen molar-refractivity contribution in [2.24, 2.45) is 5.10 Å². The maximum absolute atomic E-state index is 11.7. The molecule has 1 aromatic carbocycles. The monoisotopic (exact) mass is 363 g/mol. The average molecular weight is 364 g/mol. The summed E-state index contributed by atoms with van der Waals surface area (Å²) in [6.45, 7) is 0. The highest BCUT2D eigenvalue weighted by atomic mass is 35.5. The molecule has 2 unspecified atom stereocenters. The zero-order valence-electron chi connectivity index (χ0n) is 10.7. The second-order valence-corrected chi connectivity index (χ2v) is 9.03. The molecule has 2 aliphatic heterocycles. The molecule has 112 valence electrons. The van der Waals surface area contributed by atoms with Crippen LogP contribution in [-0.4, -0.2) is 47.6 Å². The molecule has 3 rings (SSSR count). The van der Waals surface area contributed by atoms with Gasteiger partial charge in [0.2, 0.25) is 0 Å². The Bertz CT molecular complexity index is 716. The minimum atomic E-state index is -3.05. The van der Waals surface area contributed by atoms with Gasteiger partial charge in [-0.1, -0.05) is 41.0 Å². The summed E-state index contributed by atoms with van der Waals surface area (Å²) in [5, 5.41) is 14.6. The summed E-state index contributed by atoms with van der Waals surface area (Å²) in [6.07, 6.45) is 1.48. The Morgan fingerprint density at radius 3 is 2.67 bits per heavy atom. The highest BCUT2D eigenvalue weighted by Gasteiger charge is 2.48. The van der Waals surface area contributed by atoms with Crippen molar-refractivity contribution >= 4 is 56.2 Å². The molecule has 5 nitrogen and oxygen atoms in total. The third kappa shape index (κ3) is 2.92. The van der Waals surface area contributed by atoms with Crippen LogP contribution in [0.1, 0.15) is 5.56 Å². The molecule has 2 heterocycles. The molecule has 2 aliphatic rings. The van der Waals surface area contributed by atoms with Gasteiger partial charge in [0.25, 0.3) is 0 Å². The van der Waals surface area contributed by atoms with E-state index >= 15 is 0 Å². The lowest BCUT2D eigenvalue weighted by Crippen LogP contribution is -2.32. The lowest BCUT2D eigenvalue weighted by Gasteiger charge is -2.17. The van der Waals surface area contributed by atoms with Crippen LogP contribution in [0, 0.1) is 5.41 Å². The summed E-state index contributed by atoms with van der Waals surface area (Å²) in [5.41, 5.74) is 0.558. The molecule has 21 heavy (non-hydrogen) atoms. The Balaban J connectivity index is 1.87. The van der Waals surface area contributed by atoms with Gasteiger partial charge in [-0.05, 0) is 12.1 Å². The van der Waals surface area contributed by atoms with Gasteiger partial charge in [0.15, 0.2) is 15.0 Å². The molecule has 2 fully saturated rings. The number of amidine groups is 1. The number of halogens is 2. The van der Waals surface area contributed by atoms with E-state index in [0.717, 1.165) is 0 Å². The topological polar surface area (TPSA) is 73.6 Å². The van der Waals surface area contributed by atoms with Crippen molar-refractivity contribution < 1.29 is 8.42 Å². The van der Waals surface area contributed by atoms with Crippen LogP contribution in [0.4, 0.5) is 0 Å². The SMILES string of the molecule is N=C1SC2CS(=O)(=O)CC2N1N=Cc1c(Cl)cccc1Cl. The van der Waals surface area contributed by atoms with Crippen molar-refractivity contribution in [2.45, 2.75) is 11.3 Å². The summed E-state index contributed by atoms with van der Waals surface area (Å²) in [4.78, 5) is 0. The van der Waals surface area contributed by atoms with E-state index in [9.17, 15) is 8.42 Å². The van der Waals surface area contributed by atoms with E-state index in [-0.39, 0.29) is 28.0 Å². The molecule has 0 radical (unpaired) electrons. The van der Waals surface area contributed by atoms with E-state index in [1.54, 1.807) is 18.2 Å². The molecule has 1 N–H and O–H groups in total. The first-order valence-corrected chi connectivity index (χ1v) is 9.56. The molecule has 0 amide bonds. The summed E-state index contributed by atoms with van der Waals surface area (Å²) in [7, 11) is -3.05. The Morgan fingerprint density at radius 2 is 2.00 bits per heavy atom. The van der Waals surface area contributed by atoms with E-state index in [0.29, 0.717) is 15.6 Å². The number of nitrogens with zero attached hydrogens (tertiary/aromatic N) is 2. The largest absolute Gasteiger partial charge is 0.277 e. The highest BCUT2D eigenvalue weighted by molar-refractivity contribution is 8.15. The van der Waals surface area contributed by atoms with Gasteiger partial charge in [-0.15, -0.1) is 0 Å². The first-order valence-electron chi connectivity index (χ1n) is 6.10.